The molecule has 0 rings (SSSR count). The fourth-order valence-electron chi connectivity index (χ4n) is 1.24. The number of carbonyl (C=O) groups is 1. The Kier molecular flexibility index (Phi) is 5.59. The van der Waals surface area contributed by atoms with Crippen LogP contribution in [0.5, 0.6) is 0 Å². The smallest absolute Gasteiger partial charge is 0.191 e. The largest absolute Gasteiger partial charge is 0.290 e. The van der Waals surface area contributed by atoms with E-state index in [4.69, 9.17) is 0 Å². The normalized spacial score (nSPS) is 12.1. The van der Waals surface area contributed by atoms with Crippen molar-refractivity contribution >= 4 is 17.6 Å². The molecule has 0 spiro atoms. The third-order valence-corrected chi connectivity index (χ3v) is 3.62. The van der Waals surface area contributed by atoms with Gasteiger partial charge in [0.2, 0.25) is 0 Å². The summed E-state index contributed by atoms with van der Waals surface area (Å²) in [4.78, 5) is 10.4. The van der Waals surface area contributed by atoms with Crippen LogP contribution in [-0.2, 0) is 4.79 Å². The third-order valence-electron chi connectivity index (χ3n) is 2.58. The van der Waals surface area contributed by atoms with Crippen molar-refractivity contribution in [2.24, 2.45) is 0 Å². The molecule has 0 amide bonds. The van der Waals surface area contributed by atoms with Crippen molar-refractivity contribution in [2.75, 3.05) is 6.54 Å². The van der Waals surface area contributed by atoms with Gasteiger partial charge in [-0.3, -0.25) is 4.79 Å². The van der Waals surface area contributed by atoms with E-state index in [9.17, 15) is 4.79 Å². The minimum atomic E-state index is 0.167. The molecule has 0 aliphatic rings. The number of rotatable bonds is 6. The van der Waals surface area contributed by atoms with Crippen molar-refractivity contribution in [2.45, 2.75) is 46.1 Å². The molecule has 0 unspecified atom stereocenters. The van der Waals surface area contributed by atoms with Crippen LogP contribution in [0, 0.1) is 0 Å². The van der Waals surface area contributed by atoms with Gasteiger partial charge in [-0.15, -0.1) is 0 Å². The standard InChI is InChI=1S/C9H19NOS/c1-5-9(4,6-2)10(7-3)12-8-11/h8H,5-7H2,1-4H3. The quantitative estimate of drug-likeness (QED) is 0.473. The van der Waals surface area contributed by atoms with Crippen LogP contribution in [0.3, 0.4) is 0 Å². The van der Waals surface area contributed by atoms with Gasteiger partial charge in [0.1, 0.15) is 0 Å². The van der Waals surface area contributed by atoms with Gasteiger partial charge < -0.3 is 0 Å². The lowest BCUT2D eigenvalue weighted by Crippen LogP contribution is -2.40. The lowest BCUT2D eigenvalue weighted by molar-refractivity contribution is 0.218. The van der Waals surface area contributed by atoms with Crippen LogP contribution in [0.2, 0.25) is 0 Å². The Morgan fingerprint density at radius 3 is 2.08 bits per heavy atom. The molecule has 2 nitrogen and oxygen atoms in total. The fourth-order valence-corrected chi connectivity index (χ4v) is 2.00. The molecule has 0 fully saturated rings. The second kappa shape index (κ2) is 5.60. The Labute approximate surface area is 79.8 Å². The molecule has 0 aliphatic heterocycles. The minimum Gasteiger partial charge on any atom is -0.290 e. The number of hydrogen-bond donors (Lipinski definition) is 0. The summed E-state index contributed by atoms with van der Waals surface area (Å²) < 4.78 is 2.15. The predicted octanol–water partition coefficient (Wildman–Crippen LogP) is 2.73. The first-order valence-corrected chi connectivity index (χ1v) is 5.36. The van der Waals surface area contributed by atoms with Crippen LogP contribution in [0.15, 0.2) is 0 Å². The van der Waals surface area contributed by atoms with Crippen molar-refractivity contribution < 1.29 is 4.79 Å². The van der Waals surface area contributed by atoms with Crippen molar-refractivity contribution in [1.82, 2.24) is 4.31 Å². The molecule has 0 aromatic carbocycles. The number of hydrogen-bond acceptors (Lipinski definition) is 3. The molecule has 0 aromatic heterocycles. The third kappa shape index (κ3) is 2.79. The van der Waals surface area contributed by atoms with E-state index in [2.05, 4.69) is 32.0 Å². The predicted molar refractivity (Wildman–Crippen MR) is 55.7 cm³/mol. The van der Waals surface area contributed by atoms with E-state index in [-0.39, 0.29) is 5.54 Å². The number of carbonyl (C=O) groups excluding carboxylic acids is 1. The van der Waals surface area contributed by atoms with Crippen LogP contribution in [0.4, 0.5) is 0 Å². The molecule has 12 heavy (non-hydrogen) atoms. The molecule has 3 heteroatoms. The van der Waals surface area contributed by atoms with Gasteiger partial charge in [0, 0.05) is 12.1 Å². The maximum absolute atomic E-state index is 10.4. The lowest BCUT2D eigenvalue weighted by atomic mass is 9.96. The molecule has 0 saturated heterocycles. The van der Waals surface area contributed by atoms with E-state index in [0.717, 1.165) is 25.0 Å². The molecule has 72 valence electrons. The molecular formula is C9H19NOS. The Morgan fingerprint density at radius 1 is 1.33 bits per heavy atom. The first-order chi connectivity index (χ1) is 5.64. The van der Waals surface area contributed by atoms with Gasteiger partial charge in [0.05, 0.1) is 0 Å². The number of nitrogens with zero attached hydrogens (tertiary/aromatic N) is 1. The highest BCUT2D eigenvalue weighted by atomic mass is 32.2. The maximum Gasteiger partial charge on any atom is 0.191 e. The summed E-state index contributed by atoms with van der Waals surface area (Å²) in [5, 5.41) is 0. The summed E-state index contributed by atoms with van der Waals surface area (Å²) in [6, 6.07) is 0. The van der Waals surface area contributed by atoms with Crippen LogP contribution in [0.1, 0.15) is 40.5 Å². The van der Waals surface area contributed by atoms with E-state index in [0.29, 0.717) is 0 Å². The summed E-state index contributed by atoms with van der Waals surface area (Å²) in [7, 11) is 0. The first kappa shape index (κ1) is 12.0. The molecule has 0 atom stereocenters. The van der Waals surface area contributed by atoms with Crippen molar-refractivity contribution in [3.8, 4) is 0 Å². The minimum absolute atomic E-state index is 0.167. The molecule has 0 bridgehead atoms. The van der Waals surface area contributed by atoms with Crippen molar-refractivity contribution in [1.29, 1.82) is 0 Å². The van der Waals surface area contributed by atoms with Gasteiger partial charge >= 0.3 is 0 Å². The summed E-state index contributed by atoms with van der Waals surface area (Å²) in [5.74, 6) is 0. The van der Waals surface area contributed by atoms with Crippen molar-refractivity contribution in [3.63, 3.8) is 0 Å². The lowest BCUT2D eigenvalue weighted by Gasteiger charge is -2.37. The highest BCUT2D eigenvalue weighted by Crippen LogP contribution is 2.28. The molecule has 0 heterocycles. The van der Waals surface area contributed by atoms with E-state index in [1.54, 1.807) is 0 Å². The van der Waals surface area contributed by atoms with Gasteiger partial charge in [-0.25, -0.2) is 4.31 Å². The molecule has 0 aromatic rings. The molecule has 0 aliphatic carbocycles. The summed E-state index contributed by atoms with van der Waals surface area (Å²) in [6.07, 6.45) is 2.16. The average Bonchev–Trinajstić information content (AvgIpc) is 2.13. The Bertz CT molecular complexity index is 134. The van der Waals surface area contributed by atoms with Crippen LogP contribution in [0.25, 0.3) is 0 Å². The van der Waals surface area contributed by atoms with Gasteiger partial charge in [-0.1, -0.05) is 20.8 Å². The second-order valence-electron chi connectivity index (χ2n) is 3.10. The van der Waals surface area contributed by atoms with Gasteiger partial charge in [0.15, 0.2) is 5.62 Å². The molecule has 0 radical (unpaired) electrons. The van der Waals surface area contributed by atoms with Gasteiger partial charge in [0.25, 0.3) is 0 Å². The zero-order valence-corrected chi connectivity index (χ0v) is 9.28. The molecule has 0 saturated carbocycles. The van der Waals surface area contributed by atoms with E-state index < -0.39 is 0 Å². The SMILES string of the molecule is CCN(SC=O)C(C)(CC)CC. The Morgan fingerprint density at radius 2 is 1.83 bits per heavy atom. The van der Waals surface area contributed by atoms with Crippen molar-refractivity contribution in [3.05, 3.63) is 0 Å². The Hall–Kier alpha value is -0.0200. The summed E-state index contributed by atoms with van der Waals surface area (Å²) in [6.45, 7) is 9.53. The molecule has 0 N–H and O–H groups in total. The first-order valence-electron chi connectivity index (χ1n) is 4.52. The maximum atomic E-state index is 10.4. The highest BCUT2D eigenvalue weighted by Gasteiger charge is 2.27. The summed E-state index contributed by atoms with van der Waals surface area (Å²) in [5.41, 5.74) is 1.08. The average molecular weight is 189 g/mol. The van der Waals surface area contributed by atoms with Crippen LogP contribution < -0.4 is 0 Å². The van der Waals surface area contributed by atoms with Crippen LogP contribution >= 0.6 is 11.9 Å². The van der Waals surface area contributed by atoms with Gasteiger partial charge in [-0.2, -0.15) is 0 Å². The Balaban J connectivity index is 4.31. The fraction of sp³-hybridized carbons (Fsp3) is 0.889. The zero-order chi connectivity index (χ0) is 9.61. The highest BCUT2D eigenvalue weighted by molar-refractivity contribution is 8.09. The monoisotopic (exact) mass is 189 g/mol. The van der Waals surface area contributed by atoms with E-state index in [1.807, 2.05) is 0 Å². The van der Waals surface area contributed by atoms with E-state index >= 15 is 0 Å². The molecular weight excluding hydrogens is 170 g/mol. The van der Waals surface area contributed by atoms with Gasteiger partial charge in [-0.05, 0) is 31.7 Å². The second-order valence-corrected chi connectivity index (χ2v) is 3.94. The van der Waals surface area contributed by atoms with E-state index in [1.165, 1.54) is 11.9 Å². The van der Waals surface area contributed by atoms with Crippen LogP contribution in [-0.4, -0.2) is 22.0 Å². The zero-order valence-electron chi connectivity index (χ0n) is 8.46. The topological polar surface area (TPSA) is 20.3 Å². The summed E-state index contributed by atoms with van der Waals surface area (Å²) >= 11 is 1.29.